The summed E-state index contributed by atoms with van der Waals surface area (Å²) in [6.07, 6.45) is 0. The quantitative estimate of drug-likeness (QED) is 0.901. The van der Waals surface area contributed by atoms with E-state index in [1.54, 1.807) is 0 Å². The van der Waals surface area contributed by atoms with E-state index in [1.165, 1.54) is 22.5 Å². The number of carbonyl (C=O) groups is 1. The van der Waals surface area contributed by atoms with Gasteiger partial charge < -0.3 is 10.0 Å². The van der Waals surface area contributed by atoms with Gasteiger partial charge in [0.1, 0.15) is 0 Å². The third-order valence-corrected chi connectivity index (χ3v) is 5.79. The fourth-order valence-corrected chi connectivity index (χ4v) is 4.04. The highest BCUT2D eigenvalue weighted by molar-refractivity contribution is 7.89. The number of nitrogens with zero attached hydrogens (tertiary/aromatic N) is 2. The molecule has 6 nitrogen and oxygen atoms in total. The van der Waals surface area contributed by atoms with Crippen LogP contribution in [0.4, 0.5) is 0 Å². The molecule has 0 bridgehead atoms. The van der Waals surface area contributed by atoms with Crippen molar-refractivity contribution >= 4 is 27.6 Å². The van der Waals surface area contributed by atoms with E-state index in [9.17, 15) is 13.2 Å². The number of halogens is 1. The zero-order valence-corrected chi connectivity index (χ0v) is 13.2. The topological polar surface area (TPSA) is 77.9 Å². The first-order valence-corrected chi connectivity index (χ1v) is 8.43. The normalized spacial score (nSPS) is 17.8. The number of carboxylic acids is 1. The highest BCUT2D eigenvalue weighted by Gasteiger charge is 2.28. The van der Waals surface area contributed by atoms with E-state index in [2.05, 4.69) is 4.90 Å². The molecule has 21 heavy (non-hydrogen) atoms. The Kier molecular flexibility index (Phi) is 4.88. The number of aromatic carboxylic acids is 1. The molecule has 0 saturated carbocycles. The van der Waals surface area contributed by atoms with E-state index in [4.69, 9.17) is 16.7 Å². The standard InChI is InChI=1S/C13H17ClN2O4S/c1-2-15-5-7-16(8-6-15)21(19,20)10-3-4-11(13(17)18)12(14)9-10/h3-4,9H,2,5-8H2,1H3,(H,17,18). The first kappa shape index (κ1) is 16.2. The minimum Gasteiger partial charge on any atom is -0.478 e. The largest absolute Gasteiger partial charge is 0.478 e. The Morgan fingerprint density at radius 1 is 1.29 bits per heavy atom. The van der Waals surface area contributed by atoms with Gasteiger partial charge in [-0.25, -0.2) is 13.2 Å². The molecule has 8 heteroatoms. The second-order valence-corrected chi connectivity index (χ2v) is 7.13. The van der Waals surface area contributed by atoms with Crippen molar-refractivity contribution < 1.29 is 18.3 Å². The van der Waals surface area contributed by atoms with Gasteiger partial charge in [-0.3, -0.25) is 0 Å². The van der Waals surface area contributed by atoms with Gasteiger partial charge in [-0.05, 0) is 24.7 Å². The van der Waals surface area contributed by atoms with Crippen molar-refractivity contribution in [2.75, 3.05) is 32.7 Å². The predicted octanol–water partition coefficient (Wildman–Crippen LogP) is 1.36. The Labute approximate surface area is 129 Å². The fourth-order valence-electron chi connectivity index (χ4n) is 2.26. The van der Waals surface area contributed by atoms with Gasteiger partial charge in [0.05, 0.1) is 15.5 Å². The van der Waals surface area contributed by atoms with E-state index < -0.39 is 16.0 Å². The first-order valence-electron chi connectivity index (χ1n) is 6.61. The van der Waals surface area contributed by atoms with Gasteiger partial charge in [-0.1, -0.05) is 18.5 Å². The molecule has 1 heterocycles. The number of hydrogen-bond donors (Lipinski definition) is 1. The molecule has 1 aliphatic rings. The molecule has 0 atom stereocenters. The van der Waals surface area contributed by atoms with Crippen molar-refractivity contribution in [3.8, 4) is 0 Å². The molecule has 1 N–H and O–H groups in total. The van der Waals surface area contributed by atoms with E-state index >= 15 is 0 Å². The van der Waals surface area contributed by atoms with Gasteiger partial charge in [-0.15, -0.1) is 0 Å². The average molecular weight is 333 g/mol. The molecular weight excluding hydrogens is 316 g/mol. The highest BCUT2D eigenvalue weighted by Crippen LogP contribution is 2.24. The van der Waals surface area contributed by atoms with Crippen LogP contribution < -0.4 is 0 Å². The molecule has 2 rings (SSSR count). The minimum absolute atomic E-state index is 0.0300. The highest BCUT2D eigenvalue weighted by atomic mass is 35.5. The second kappa shape index (κ2) is 6.31. The maximum absolute atomic E-state index is 12.5. The van der Waals surface area contributed by atoms with Crippen LogP contribution in [0.1, 0.15) is 17.3 Å². The van der Waals surface area contributed by atoms with Crippen molar-refractivity contribution in [1.29, 1.82) is 0 Å². The lowest BCUT2D eigenvalue weighted by atomic mass is 10.2. The summed E-state index contributed by atoms with van der Waals surface area (Å²) in [5.41, 5.74) is -0.105. The van der Waals surface area contributed by atoms with Crippen LogP contribution in [-0.4, -0.2) is 61.4 Å². The Morgan fingerprint density at radius 2 is 1.90 bits per heavy atom. The van der Waals surface area contributed by atoms with Gasteiger partial charge in [0.2, 0.25) is 10.0 Å². The third-order valence-electron chi connectivity index (χ3n) is 3.59. The average Bonchev–Trinajstić information content (AvgIpc) is 2.46. The number of rotatable bonds is 4. The van der Waals surface area contributed by atoms with E-state index in [-0.39, 0.29) is 15.5 Å². The molecule has 1 aromatic rings. The molecule has 0 radical (unpaired) electrons. The summed E-state index contributed by atoms with van der Waals surface area (Å²) in [5.74, 6) is -1.18. The first-order chi connectivity index (χ1) is 9.86. The van der Waals surface area contributed by atoms with E-state index in [0.717, 1.165) is 6.54 Å². The lowest BCUT2D eigenvalue weighted by Crippen LogP contribution is -2.48. The number of sulfonamides is 1. The Bertz CT molecular complexity index is 640. The number of benzene rings is 1. The molecule has 1 aliphatic heterocycles. The number of carboxylic acid groups (broad SMARTS) is 1. The Morgan fingerprint density at radius 3 is 2.38 bits per heavy atom. The van der Waals surface area contributed by atoms with Crippen LogP contribution in [0.15, 0.2) is 23.1 Å². The van der Waals surface area contributed by atoms with Gasteiger partial charge in [0, 0.05) is 26.2 Å². The Hall–Kier alpha value is -1.15. The predicted molar refractivity (Wildman–Crippen MR) is 79.3 cm³/mol. The Balaban J connectivity index is 2.24. The fraction of sp³-hybridized carbons (Fsp3) is 0.462. The van der Waals surface area contributed by atoms with E-state index in [0.29, 0.717) is 26.2 Å². The third kappa shape index (κ3) is 3.37. The molecule has 1 fully saturated rings. The zero-order valence-electron chi connectivity index (χ0n) is 11.6. The van der Waals surface area contributed by atoms with Gasteiger partial charge in [0.15, 0.2) is 0 Å². The summed E-state index contributed by atoms with van der Waals surface area (Å²) < 4.78 is 26.4. The zero-order chi connectivity index (χ0) is 15.6. The summed E-state index contributed by atoms with van der Waals surface area (Å²) in [6.45, 7) is 5.16. The van der Waals surface area contributed by atoms with Crippen LogP contribution in [0.25, 0.3) is 0 Å². The van der Waals surface area contributed by atoms with Crippen molar-refractivity contribution in [3.63, 3.8) is 0 Å². The van der Waals surface area contributed by atoms with Crippen molar-refractivity contribution in [3.05, 3.63) is 28.8 Å². The van der Waals surface area contributed by atoms with Crippen LogP contribution in [0.5, 0.6) is 0 Å². The summed E-state index contributed by atoms with van der Waals surface area (Å²) in [5, 5.41) is 8.84. The van der Waals surface area contributed by atoms with Crippen molar-refractivity contribution in [1.82, 2.24) is 9.21 Å². The molecule has 1 saturated heterocycles. The molecule has 116 valence electrons. The monoisotopic (exact) mass is 332 g/mol. The number of likely N-dealkylation sites (N-methyl/N-ethyl adjacent to an activating group) is 1. The van der Waals surface area contributed by atoms with Crippen LogP contribution in [0, 0.1) is 0 Å². The van der Waals surface area contributed by atoms with Crippen LogP contribution in [0.2, 0.25) is 5.02 Å². The second-order valence-electron chi connectivity index (χ2n) is 4.79. The van der Waals surface area contributed by atoms with Gasteiger partial charge in [0.25, 0.3) is 0 Å². The smallest absolute Gasteiger partial charge is 0.337 e. The number of piperazine rings is 1. The molecule has 0 spiro atoms. The molecule has 0 aliphatic carbocycles. The van der Waals surface area contributed by atoms with Gasteiger partial charge in [-0.2, -0.15) is 4.31 Å². The lowest BCUT2D eigenvalue weighted by Gasteiger charge is -2.33. The minimum atomic E-state index is -3.63. The SMILES string of the molecule is CCN1CCN(S(=O)(=O)c2ccc(C(=O)O)c(Cl)c2)CC1. The van der Waals surface area contributed by atoms with E-state index in [1.807, 2.05) is 6.92 Å². The maximum atomic E-state index is 12.5. The van der Waals surface area contributed by atoms with Crippen LogP contribution >= 0.6 is 11.6 Å². The summed E-state index contributed by atoms with van der Waals surface area (Å²) in [6, 6.07) is 3.71. The molecule has 1 aromatic carbocycles. The van der Waals surface area contributed by atoms with Crippen molar-refractivity contribution in [2.24, 2.45) is 0 Å². The van der Waals surface area contributed by atoms with Crippen LogP contribution in [-0.2, 0) is 10.0 Å². The lowest BCUT2D eigenvalue weighted by molar-refractivity contribution is 0.0697. The summed E-state index contributed by atoms with van der Waals surface area (Å²) >= 11 is 5.84. The van der Waals surface area contributed by atoms with Gasteiger partial charge >= 0.3 is 5.97 Å². The molecule has 0 aromatic heterocycles. The van der Waals surface area contributed by atoms with Crippen molar-refractivity contribution in [2.45, 2.75) is 11.8 Å². The summed E-state index contributed by atoms with van der Waals surface area (Å²) in [7, 11) is -3.63. The molecular formula is C13H17ClN2O4S. The number of hydrogen-bond acceptors (Lipinski definition) is 4. The maximum Gasteiger partial charge on any atom is 0.337 e. The van der Waals surface area contributed by atoms with Crippen LogP contribution in [0.3, 0.4) is 0 Å². The summed E-state index contributed by atoms with van der Waals surface area (Å²) in [4.78, 5) is 13.1. The molecule has 0 amide bonds. The molecule has 0 unspecified atom stereocenters.